The van der Waals surface area contributed by atoms with Gasteiger partial charge in [0.15, 0.2) is 0 Å². The van der Waals surface area contributed by atoms with E-state index in [-0.39, 0.29) is 6.04 Å². The molecule has 13 heavy (non-hydrogen) atoms. The Bertz CT molecular complexity index is 270. The third-order valence-corrected chi connectivity index (χ3v) is 1.86. The Balaban J connectivity index is 2.55. The first-order valence-corrected chi connectivity index (χ1v) is 4.63. The second-order valence-corrected chi connectivity index (χ2v) is 3.60. The van der Waals surface area contributed by atoms with Gasteiger partial charge in [-0.1, -0.05) is 42.0 Å². The van der Waals surface area contributed by atoms with E-state index in [0.717, 1.165) is 6.42 Å². The van der Waals surface area contributed by atoms with Crippen LogP contribution >= 0.6 is 0 Å². The lowest BCUT2D eigenvalue weighted by molar-refractivity contribution is 0.803. The molecule has 1 aromatic rings. The number of rotatable bonds is 3. The molecule has 1 atom stereocenters. The van der Waals surface area contributed by atoms with Crippen LogP contribution in [0.25, 0.3) is 0 Å². The van der Waals surface area contributed by atoms with E-state index in [4.69, 9.17) is 5.73 Å². The van der Waals surface area contributed by atoms with Crippen molar-refractivity contribution in [2.24, 2.45) is 5.73 Å². The SMILES string of the molecule is CC(C)=CC(N)Cc1ccccc1. The molecule has 0 aliphatic heterocycles. The van der Waals surface area contributed by atoms with Crippen LogP contribution in [0.2, 0.25) is 0 Å². The standard InChI is InChI=1S/C12H17N/c1-10(2)8-12(13)9-11-6-4-3-5-7-11/h3-8,12H,9,13H2,1-2H3. The quantitative estimate of drug-likeness (QED) is 0.702. The molecule has 70 valence electrons. The first kappa shape index (κ1) is 10.0. The van der Waals surface area contributed by atoms with Gasteiger partial charge in [0.1, 0.15) is 0 Å². The highest BCUT2D eigenvalue weighted by atomic mass is 14.6. The molecule has 1 nitrogen and oxygen atoms in total. The summed E-state index contributed by atoms with van der Waals surface area (Å²) in [6.45, 7) is 4.15. The van der Waals surface area contributed by atoms with Crippen LogP contribution in [0, 0.1) is 0 Å². The van der Waals surface area contributed by atoms with E-state index in [2.05, 4.69) is 32.1 Å². The van der Waals surface area contributed by atoms with Crippen LogP contribution in [0.1, 0.15) is 19.4 Å². The van der Waals surface area contributed by atoms with E-state index < -0.39 is 0 Å². The summed E-state index contributed by atoms with van der Waals surface area (Å²) < 4.78 is 0. The van der Waals surface area contributed by atoms with Crippen molar-refractivity contribution in [3.8, 4) is 0 Å². The normalized spacial score (nSPS) is 12.2. The highest BCUT2D eigenvalue weighted by molar-refractivity contribution is 5.17. The summed E-state index contributed by atoms with van der Waals surface area (Å²) in [7, 11) is 0. The Labute approximate surface area is 80.3 Å². The number of benzene rings is 1. The van der Waals surface area contributed by atoms with Crippen molar-refractivity contribution in [3.05, 3.63) is 47.5 Å². The Hall–Kier alpha value is -1.08. The van der Waals surface area contributed by atoms with Gasteiger partial charge in [0.05, 0.1) is 0 Å². The molecule has 0 bridgehead atoms. The summed E-state index contributed by atoms with van der Waals surface area (Å²) in [5.74, 6) is 0. The number of allylic oxidation sites excluding steroid dienone is 1. The fourth-order valence-electron chi connectivity index (χ4n) is 1.37. The van der Waals surface area contributed by atoms with E-state index in [1.54, 1.807) is 0 Å². The van der Waals surface area contributed by atoms with Gasteiger partial charge in [-0.05, 0) is 25.8 Å². The smallest absolute Gasteiger partial charge is 0.0267 e. The molecule has 0 fully saturated rings. The molecule has 0 aliphatic rings. The fraction of sp³-hybridized carbons (Fsp3) is 0.333. The van der Waals surface area contributed by atoms with Crippen LogP contribution in [0.4, 0.5) is 0 Å². The number of hydrogen-bond donors (Lipinski definition) is 1. The molecule has 0 aliphatic carbocycles. The van der Waals surface area contributed by atoms with Gasteiger partial charge in [-0.25, -0.2) is 0 Å². The molecule has 1 heteroatoms. The molecule has 0 aromatic heterocycles. The molecule has 0 saturated carbocycles. The average Bonchev–Trinajstić information content (AvgIpc) is 2.04. The van der Waals surface area contributed by atoms with E-state index in [1.807, 2.05) is 18.2 Å². The van der Waals surface area contributed by atoms with Crippen molar-refractivity contribution in [1.82, 2.24) is 0 Å². The second-order valence-electron chi connectivity index (χ2n) is 3.60. The van der Waals surface area contributed by atoms with Gasteiger partial charge < -0.3 is 5.73 Å². The minimum Gasteiger partial charge on any atom is -0.324 e. The van der Waals surface area contributed by atoms with Gasteiger partial charge in [0, 0.05) is 6.04 Å². The Kier molecular flexibility index (Phi) is 3.71. The molecular formula is C12H17N. The molecule has 2 N–H and O–H groups in total. The van der Waals surface area contributed by atoms with Crippen molar-refractivity contribution in [2.45, 2.75) is 26.3 Å². The molecule has 0 radical (unpaired) electrons. The average molecular weight is 175 g/mol. The molecule has 1 aromatic carbocycles. The first-order chi connectivity index (χ1) is 6.18. The molecule has 0 spiro atoms. The van der Waals surface area contributed by atoms with Crippen molar-refractivity contribution < 1.29 is 0 Å². The molecule has 1 unspecified atom stereocenters. The first-order valence-electron chi connectivity index (χ1n) is 4.63. The molecule has 0 amide bonds. The second kappa shape index (κ2) is 4.83. The van der Waals surface area contributed by atoms with Crippen LogP contribution in [-0.4, -0.2) is 6.04 Å². The zero-order valence-corrected chi connectivity index (χ0v) is 8.33. The summed E-state index contributed by atoms with van der Waals surface area (Å²) in [5.41, 5.74) is 8.51. The van der Waals surface area contributed by atoms with Crippen molar-refractivity contribution in [1.29, 1.82) is 0 Å². The third kappa shape index (κ3) is 3.90. The topological polar surface area (TPSA) is 26.0 Å². The summed E-state index contributed by atoms with van der Waals surface area (Å²) in [6.07, 6.45) is 3.03. The monoisotopic (exact) mass is 175 g/mol. The number of nitrogens with two attached hydrogens (primary N) is 1. The maximum atomic E-state index is 5.93. The van der Waals surface area contributed by atoms with E-state index >= 15 is 0 Å². The molecule has 0 saturated heterocycles. The maximum absolute atomic E-state index is 5.93. The minimum absolute atomic E-state index is 0.146. The molecule has 1 rings (SSSR count). The maximum Gasteiger partial charge on any atom is 0.0267 e. The minimum atomic E-state index is 0.146. The Morgan fingerprint density at radius 2 is 1.92 bits per heavy atom. The van der Waals surface area contributed by atoms with Crippen LogP contribution < -0.4 is 5.73 Å². The van der Waals surface area contributed by atoms with Gasteiger partial charge in [-0.3, -0.25) is 0 Å². The molecular weight excluding hydrogens is 158 g/mol. The number of hydrogen-bond acceptors (Lipinski definition) is 1. The van der Waals surface area contributed by atoms with Crippen LogP contribution in [-0.2, 0) is 6.42 Å². The summed E-state index contributed by atoms with van der Waals surface area (Å²) in [4.78, 5) is 0. The summed E-state index contributed by atoms with van der Waals surface area (Å²) >= 11 is 0. The Morgan fingerprint density at radius 3 is 2.46 bits per heavy atom. The predicted octanol–water partition coefficient (Wildman–Crippen LogP) is 2.52. The van der Waals surface area contributed by atoms with Crippen molar-refractivity contribution in [2.75, 3.05) is 0 Å². The zero-order valence-electron chi connectivity index (χ0n) is 8.33. The van der Waals surface area contributed by atoms with Gasteiger partial charge in [0.2, 0.25) is 0 Å². The highest BCUT2D eigenvalue weighted by Gasteiger charge is 1.99. The van der Waals surface area contributed by atoms with Gasteiger partial charge >= 0.3 is 0 Å². The summed E-state index contributed by atoms with van der Waals surface area (Å²) in [5, 5.41) is 0. The van der Waals surface area contributed by atoms with Gasteiger partial charge in [0.25, 0.3) is 0 Å². The van der Waals surface area contributed by atoms with Crippen LogP contribution in [0.15, 0.2) is 42.0 Å². The zero-order chi connectivity index (χ0) is 9.68. The van der Waals surface area contributed by atoms with Crippen LogP contribution in [0.3, 0.4) is 0 Å². The van der Waals surface area contributed by atoms with E-state index in [9.17, 15) is 0 Å². The predicted molar refractivity (Wildman–Crippen MR) is 57.6 cm³/mol. The fourth-order valence-corrected chi connectivity index (χ4v) is 1.37. The van der Waals surface area contributed by atoms with Gasteiger partial charge in [-0.15, -0.1) is 0 Å². The van der Waals surface area contributed by atoms with Crippen LogP contribution in [0.5, 0.6) is 0 Å². The van der Waals surface area contributed by atoms with E-state index in [0.29, 0.717) is 0 Å². The lowest BCUT2D eigenvalue weighted by Crippen LogP contribution is -2.20. The molecule has 0 heterocycles. The van der Waals surface area contributed by atoms with E-state index in [1.165, 1.54) is 11.1 Å². The summed E-state index contributed by atoms with van der Waals surface area (Å²) in [6, 6.07) is 10.5. The largest absolute Gasteiger partial charge is 0.324 e. The Morgan fingerprint density at radius 1 is 1.31 bits per heavy atom. The van der Waals surface area contributed by atoms with Gasteiger partial charge in [-0.2, -0.15) is 0 Å². The van der Waals surface area contributed by atoms with Crippen molar-refractivity contribution >= 4 is 0 Å². The lowest BCUT2D eigenvalue weighted by Gasteiger charge is -2.06. The highest BCUT2D eigenvalue weighted by Crippen LogP contribution is 2.03. The third-order valence-electron chi connectivity index (χ3n) is 1.86. The lowest BCUT2D eigenvalue weighted by atomic mass is 10.1. The van der Waals surface area contributed by atoms with Crippen molar-refractivity contribution in [3.63, 3.8) is 0 Å².